The number of rotatable bonds is 6. The van der Waals surface area contributed by atoms with Gasteiger partial charge in [0.2, 0.25) is 0 Å². The van der Waals surface area contributed by atoms with E-state index in [2.05, 4.69) is 52.5 Å². The monoisotopic (exact) mass is 367 g/mol. The molecule has 0 bridgehead atoms. The van der Waals surface area contributed by atoms with Crippen molar-refractivity contribution in [2.24, 2.45) is 0 Å². The van der Waals surface area contributed by atoms with E-state index in [1.807, 2.05) is 0 Å². The van der Waals surface area contributed by atoms with E-state index in [-0.39, 0.29) is 25.1 Å². The average Bonchev–Trinajstić information content (AvgIpc) is 2.82. The van der Waals surface area contributed by atoms with Crippen molar-refractivity contribution in [1.29, 1.82) is 0 Å². The molecule has 0 spiro atoms. The Bertz CT molecular complexity index is 681. The van der Waals surface area contributed by atoms with Crippen LogP contribution in [0.5, 0.6) is 0 Å². The van der Waals surface area contributed by atoms with E-state index in [1.54, 1.807) is 0 Å². The molecule has 2 heterocycles. The maximum Gasteiger partial charge on any atom is 0.0845 e. The number of aliphatic hydroxyl groups is 2. The first-order valence-corrected chi connectivity index (χ1v) is 8.88. The van der Waals surface area contributed by atoms with Crippen molar-refractivity contribution < 1.29 is 10.2 Å². The fourth-order valence-electron chi connectivity index (χ4n) is 3.74. The minimum atomic E-state index is -0.372. The lowest BCUT2D eigenvalue weighted by atomic mass is 10.2. The summed E-state index contributed by atoms with van der Waals surface area (Å²) in [4.78, 5) is 4.60. The standard InChI is InChI=1S/C19H29N3O2.ClH/c1-15-16(2)22(19-6-4-3-5-18(15)19)14-17(24)13-21-9-7-20(8-10-21)11-12-23;/h3-6,17,23-24H,7-14H2,1-2H3;1H. The molecule has 1 atom stereocenters. The first-order chi connectivity index (χ1) is 11.6. The second-order valence-corrected chi connectivity index (χ2v) is 6.86. The molecule has 1 aromatic carbocycles. The largest absolute Gasteiger partial charge is 0.395 e. The third-order valence-electron chi connectivity index (χ3n) is 5.29. The van der Waals surface area contributed by atoms with E-state index < -0.39 is 0 Å². The highest BCUT2D eigenvalue weighted by Gasteiger charge is 2.20. The van der Waals surface area contributed by atoms with Gasteiger partial charge in [0.1, 0.15) is 0 Å². The molecular weight excluding hydrogens is 338 g/mol. The smallest absolute Gasteiger partial charge is 0.0845 e. The number of benzene rings is 1. The Hall–Kier alpha value is -1.11. The van der Waals surface area contributed by atoms with E-state index in [9.17, 15) is 5.11 Å². The minimum Gasteiger partial charge on any atom is -0.395 e. The van der Waals surface area contributed by atoms with Gasteiger partial charge in [0.05, 0.1) is 19.3 Å². The lowest BCUT2D eigenvalue weighted by Crippen LogP contribution is -2.49. The summed E-state index contributed by atoms with van der Waals surface area (Å²) >= 11 is 0. The Balaban J connectivity index is 0.00000225. The number of para-hydroxylation sites is 1. The van der Waals surface area contributed by atoms with E-state index >= 15 is 0 Å². The Morgan fingerprint density at radius 3 is 2.32 bits per heavy atom. The maximum absolute atomic E-state index is 10.6. The van der Waals surface area contributed by atoms with Crippen molar-refractivity contribution in [3.63, 3.8) is 0 Å². The van der Waals surface area contributed by atoms with Crippen LogP contribution >= 0.6 is 12.4 Å². The highest BCUT2D eigenvalue weighted by atomic mass is 35.5. The van der Waals surface area contributed by atoms with Gasteiger partial charge in [-0.15, -0.1) is 12.4 Å². The van der Waals surface area contributed by atoms with Crippen LogP contribution in [-0.4, -0.2) is 76.6 Å². The Morgan fingerprint density at radius 2 is 1.64 bits per heavy atom. The number of β-amino-alcohol motifs (C(OH)–C–C–N with tert-alkyl or cyclic N) is 2. The zero-order valence-electron chi connectivity index (χ0n) is 15.2. The predicted molar refractivity (Wildman–Crippen MR) is 105 cm³/mol. The number of aryl methyl sites for hydroxylation is 1. The molecule has 0 amide bonds. The van der Waals surface area contributed by atoms with Crippen molar-refractivity contribution in [2.75, 3.05) is 45.9 Å². The zero-order valence-corrected chi connectivity index (χ0v) is 16.0. The van der Waals surface area contributed by atoms with Crippen LogP contribution in [0.4, 0.5) is 0 Å². The molecule has 0 aliphatic carbocycles. The molecule has 1 unspecified atom stereocenters. The predicted octanol–water partition coefficient (Wildman–Crippen LogP) is 1.65. The molecule has 1 fully saturated rings. The van der Waals surface area contributed by atoms with Crippen LogP contribution in [0.3, 0.4) is 0 Å². The lowest BCUT2D eigenvalue weighted by Gasteiger charge is -2.35. The van der Waals surface area contributed by atoms with Crippen LogP contribution in [0, 0.1) is 13.8 Å². The third-order valence-corrected chi connectivity index (χ3v) is 5.29. The molecule has 0 radical (unpaired) electrons. The van der Waals surface area contributed by atoms with Gasteiger partial charge in [-0.2, -0.15) is 0 Å². The molecule has 1 saturated heterocycles. The Morgan fingerprint density at radius 1 is 1.00 bits per heavy atom. The lowest BCUT2D eigenvalue weighted by molar-refractivity contribution is 0.0594. The maximum atomic E-state index is 10.6. The SMILES string of the molecule is Cc1c(C)n(CC(O)CN2CCN(CCO)CC2)c2ccccc12.Cl. The van der Waals surface area contributed by atoms with Crippen LogP contribution < -0.4 is 0 Å². The van der Waals surface area contributed by atoms with Crippen LogP contribution in [0.15, 0.2) is 24.3 Å². The minimum absolute atomic E-state index is 0. The van der Waals surface area contributed by atoms with Crippen LogP contribution in [0.1, 0.15) is 11.3 Å². The number of hydrogen-bond acceptors (Lipinski definition) is 4. The van der Waals surface area contributed by atoms with Crippen LogP contribution in [0.2, 0.25) is 0 Å². The van der Waals surface area contributed by atoms with Gasteiger partial charge in [-0.1, -0.05) is 18.2 Å². The fourth-order valence-corrected chi connectivity index (χ4v) is 3.74. The number of fused-ring (bicyclic) bond motifs is 1. The van der Waals surface area contributed by atoms with Crippen molar-refractivity contribution in [3.8, 4) is 0 Å². The molecule has 140 valence electrons. The first kappa shape index (κ1) is 20.2. The van der Waals surface area contributed by atoms with Gasteiger partial charge in [0.15, 0.2) is 0 Å². The van der Waals surface area contributed by atoms with Crippen LogP contribution in [-0.2, 0) is 6.54 Å². The first-order valence-electron chi connectivity index (χ1n) is 8.88. The van der Waals surface area contributed by atoms with E-state index in [0.717, 1.165) is 32.7 Å². The van der Waals surface area contributed by atoms with Crippen molar-refractivity contribution >= 4 is 23.3 Å². The number of hydrogen-bond donors (Lipinski definition) is 2. The van der Waals surface area contributed by atoms with Gasteiger partial charge in [-0.05, 0) is 25.5 Å². The number of aromatic nitrogens is 1. The molecule has 0 saturated carbocycles. The molecule has 2 N–H and O–H groups in total. The third kappa shape index (κ3) is 4.54. The summed E-state index contributed by atoms with van der Waals surface area (Å²) in [6.45, 7) is 10.5. The number of piperazine rings is 1. The number of halogens is 1. The Labute approximate surface area is 156 Å². The van der Waals surface area contributed by atoms with Crippen LogP contribution in [0.25, 0.3) is 10.9 Å². The molecule has 2 aromatic rings. The molecule has 3 rings (SSSR count). The molecule has 6 heteroatoms. The number of aliphatic hydroxyl groups excluding tert-OH is 2. The van der Waals surface area contributed by atoms with E-state index in [1.165, 1.54) is 22.2 Å². The molecule has 1 aliphatic rings. The van der Waals surface area contributed by atoms with Crippen molar-refractivity contribution in [2.45, 2.75) is 26.5 Å². The highest BCUT2D eigenvalue weighted by molar-refractivity contribution is 5.85. The molecule has 1 aliphatic heterocycles. The summed E-state index contributed by atoms with van der Waals surface area (Å²) in [6.07, 6.45) is -0.372. The van der Waals surface area contributed by atoms with Crippen molar-refractivity contribution in [3.05, 3.63) is 35.5 Å². The Kier molecular flexibility index (Phi) is 7.28. The van der Waals surface area contributed by atoms with Gasteiger partial charge in [-0.25, -0.2) is 0 Å². The van der Waals surface area contributed by atoms with Gasteiger partial charge in [0, 0.05) is 55.9 Å². The zero-order chi connectivity index (χ0) is 17.1. The van der Waals surface area contributed by atoms with Gasteiger partial charge < -0.3 is 14.8 Å². The molecule has 1 aromatic heterocycles. The van der Waals surface area contributed by atoms with E-state index in [0.29, 0.717) is 13.1 Å². The summed E-state index contributed by atoms with van der Waals surface area (Å²) < 4.78 is 2.25. The quantitative estimate of drug-likeness (QED) is 0.815. The van der Waals surface area contributed by atoms with Gasteiger partial charge >= 0.3 is 0 Å². The normalized spacial score (nSPS) is 17.6. The molecular formula is C19H30ClN3O2. The summed E-state index contributed by atoms with van der Waals surface area (Å²) in [5.74, 6) is 0. The highest BCUT2D eigenvalue weighted by Crippen LogP contribution is 2.25. The van der Waals surface area contributed by atoms with Gasteiger partial charge in [0.25, 0.3) is 0 Å². The number of nitrogens with zero attached hydrogens (tertiary/aromatic N) is 3. The van der Waals surface area contributed by atoms with E-state index in [4.69, 9.17) is 5.11 Å². The second-order valence-electron chi connectivity index (χ2n) is 6.86. The average molecular weight is 368 g/mol. The topological polar surface area (TPSA) is 51.9 Å². The summed E-state index contributed by atoms with van der Waals surface area (Å²) in [5.41, 5.74) is 3.75. The summed E-state index contributed by atoms with van der Waals surface area (Å²) in [6, 6.07) is 8.42. The molecule has 5 nitrogen and oxygen atoms in total. The summed E-state index contributed by atoms with van der Waals surface area (Å²) in [5, 5.41) is 20.9. The molecule has 25 heavy (non-hydrogen) atoms. The summed E-state index contributed by atoms with van der Waals surface area (Å²) in [7, 11) is 0. The van der Waals surface area contributed by atoms with Gasteiger partial charge in [-0.3, -0.25) is 9.80 Å². The fraction of sp³-hybridized carbons (Fsp3) is 0.579. The second kappa shape index (κ2) is 9.01. The van der Waals surface area contributed by atoms with Crippen molar-refractivity contribution in [1.82, 2.24) is 14.4 Å².